The highest BCUT2D eigenvalue weighted by atomic mass is 16.5. The first kappa shape index (κ1) is 13.3. The topological polar surface area (TPSA) is 75.6 Å². The van der Waals surface area contributed by atoms with Crippen molar-refractivity contribution in [3.05, 3.63) is 0 Å². The first-order valence-electron chi connectivity index (χ1n) is 6.72. The highest BCUT2D eigenvalue weighted by Crippen LogP contribution is 2.38. The Morgan fingerprint density at radius 2 is 2.06 bits per heavy atom. The molecule has 0 spiro atoms. The molecule has 2 aliphatic rings. The Labute approximate surface area is 107 Å². The molecule has 2 rings (SSSR count). The Morgan fingerprint density at radius 3 is 2.61 bits per heavy atom. The van der Waals surface area contributed by atoms with Gasteiger partial charge in [0.1, 0.15) is 0 Å². The zero-order chi connectivity index (χ0) is 13.1. The van der Waals surface area contributed by atoms with Gasteiger partial charge in [0.05, 0.1) is 24.5 Å². The molecular weight excluding hydrogens is 234 g/mol. The highest BCUT2D eigenvalue weighted by Gasteiger charge is 2.42. The van der Waals surface area contributed by atoms with Crippen molar-refractivity contribution in [2.24, 2.45) is 17.8 Å². The minimum Gasteiger partial charge on any atom is -0.481 e. The number of amides is 1. The number of nitrogens with one attached hydrogen (secondary N) is 1. The number of carboxylic acid groups (broad SMARTS) is 1. The van der Waals surface area contributed by atoms with Crippen LogP contribution in [0.5, 0.6) is 0 Å². The van der Waals surface area contributed by atoms with Crippen molar-refractivity contribution in [2.45, 2.75) is 38.6 Å². The van der Waals surface area contributed by atoms with Crippen LogP contribution in [0.4, 0.5) is 0 Å². The average Bonchev–Trinajstić information content (AvgIpc) is 2.96. The van der Waals surface area contributed by atoms with E-state index in [0.29, 0.717) is 32.0 Å². The lowest BCUT2D eigenvalue weighted by Gasteiger charge is -2.18. The molecule has 1 saturated heterocycles. The summed E-state index contributed by atoms with van der Waals surface area (Å²) in [4.78, 5) is 23.4. The first-order valence-corrected chi connectivity index (χ1v) is 6.72. The van der Waals surface area contributed by atoms with Gasteiger partial charge in [0, 0.05) is 6.61 Å². The largest absolute Gasteiger partial charge is 0.481 e. The molecule has 1 saturated carbocycles. The average molecular weight is 255 g/mol. The minimum atomic E-state index is -0.839. The molecule has 102 valence electrons. The number of ether oxygens (including phenoxy) is 1. The van der Waals surface area contributed by atoms with Crippen LogP contribution in [-0.2, 0) is 14.3 Å². The van der Waals surface area contributed by atoms with Crippen molar-refractivity contribution < 1.29 is 19.4 Å². The molecule has 1 aliphatic heterocycles. The number of carboxylic acids is 1. The first-order chi connectivity index (χ1) is 8.61. The van der Waals surface area contributed by atoms with Gasteiger partial charge in [-0.15, -0.1) is 0 Å². The Hall–Kier alpha value is -1.10. The fourth-order valence-electron chi connectivity index (χ4n) is 3.00. The van der Waals surface area contributed by atoms with E-state index in [4.69, 9.17) is 4.74 Å². The molecule has 2 N–H and O–H groups in total. The summed E-state index contributed by atoms with van der Waals surface area (Å²) in [6.45, 7) is 3.28. The number of aliphatic carboxylic acids is 1. The molecule has 0 aromatic heterocycles. The van der Waals surface area contributed by atoms with Crippen molar-refractivity contribution >= 4 is 11.9 Å². The summed E-state index contributed by atoms with van der Waals surface area (Å²) in [6.07, 6.45) is 3.10. The van der Waals surface area contributed by atoms with Crippen molar-refractivity contribution in [3.63, 3.8) is 0 Å². The fourth-order valence-corrected chi connectivity index (χ4v) is 3.00. The number of carbonyl (C=O) groups excluding carboxylic acids is 1. The van der Waals surface area contributed by atoms with E-state index in [1.54, 1.807) is 0 Å². The van der Waals surface area contributed by atoms with Gasteiger partial charge in [-0.1, -0.05) is 13.3 Å². The zero-order valence-corrected chi connectivity index (χ0v) is 10.7. The van der Waals surface area contributed by atoms with E-state index >= 15 is 0 Å². The van der Waals surface area contributed by atoms with Gasteiger partial charge in [-0.2, -0.15) is 0 Å². The summed E-state index contributed by atoms with van der Waals surface area (Å²) < 4.78 is 5.21. The van der Waals surface area contributed by atoms with E-state index < -0.39 is 11.9 Å². The van der Waals surface area contributed by atoms with E-state index in [-0.39, 0.29) is 17.9 Å². The van der Waals surface area contributed by atoms with Gasteiger partial charge in [0.2, 0.25) is 5.91 Å². The Morgan fingerprint density at radius 1 is 1.33 bits per heavy atom. The third-order valence-electron chi connectivity index (χ3n) is 4.17. The molecule has 2 fully saturated rings. The number of hydrogen-bond donors (Lipinski definition) is 2. The summed E-state index contributed by atoms with van der Waals surface area (Å²) in [5.41, 5.74) is 0. The lowest BCUT2D eigenvalue weighted by molar-refractivity contribution is -0.146. The summed E-state index contributed by atoms with van der Waals surface area (Å²) in [5.74, 6) is -1.46. The van der Waals surface area contributed by atoms with Gasteiger partial charge in [-0.25, -0.2) is 0 Å². The molecule has 4 unspecified atom stereocenters. The van der Waals surface area contributed by atoms with Crippen LogP contribution in [0, 0.1) is 17.8 Å². The maximum atomic E-state index is 12.1. The van der Waals surface area contributed by atoms with Crippen molar-refractivity contribution in [3.8, 4) is 0 Å². The van der Waals surface area contributed by atoms with Gasteiger partial charge in [-0.3, -0.25) is 9.59 Å². The zero-order valence-electron chi connectivity index (χ0n) is 10.7. The highest BCUT2D eigenvalue weighted by molar-refractivity contribution is 5.85. The maximum Gasteiger partial charge on any atom is 0.307 e. The van der Waals surface area contributed by atoms with Crippen LogP contribution in [0.3, 0.4) is 0 Å². The molecule has 0 aromatic carbocycles. The number of hydrogen-bond acceptors (Lipinski definition) is 3. The Kier molecular flexibility index (Phi) is 4.22. The van der Waals surface area contributed by atoms with Crippen LogP contribution < -0.4 is 5.32 Å². The molecule has 18 heavy (non-hydrogen) atoms. The van der Waals surface area contributed by atoms with Crippen LogP contribution in [-0.4, -0.2) is 36.2 Å². The maximum absolute atomic E-state index is 12.1. The standard InChI is InChI=1S/C13H21NO4/c1-2-8-5-10(11(6-8)13(16)17)12(15)14-9-3-4-18-7-9/h8-11H,2-7H2,1H3,(H,14,15)(H,16,17). The molecule has 0 aromatic rings. The molecule has 1 heterocycles. The SMILES string of the molecule is CCC1CC(C(=O)O)C(C(=O)NC2CCOC2)C1. The molecule has 4 atom stereocenters. The number of carbonyl (C=O) groups is 2. The molecule has 1 aliphatic carbocycles. The van der Waals surface area contributed by atoms with Gasteiger partial charge in [-0.05, 0) is 25.2 Å². The molecule has 5 heteroatoms. The van der Waals surface area contributed by atoms with Crippen molar-refractivity contribution in [2.75, 3.05) is 13.2 Å². The van der Waals surface area contributed by atoms with Crippen LogP contribution in [0.2, 0.25) is 0 Å². The van der Waals surface area contributed by atoms with Crippen LogP contribution in [0.15, 0.2) is 0 Å². The van der Waals surface area contributed by atoms with Crippen LogP contribution >= 0.6 is 0 Å². The van der Waals surface area contributed by atoms with Crippen LogP contribution in [0.25, 0.3) is 0 Å². The van der Waals surface area contributed by atoms with Crippen molar-refractivity contribution in [1.82, 2.24) is 5.32 Å². The lowest BCUT2D eigenvalue weighted by atomic mass is 9.95. The third kappa shape index (κ3) is 2.83. The summed E-state index contributed by atoms with van der Waals surface area (Å²) in [7, 11) is 0. The van der Waals surface area contributed by atoms with Gasteiger partial charge >= 0.3 is 5.97 Å². The number of rotatable bonds is 4. The monoisotopic (exact) mass is 255 g/mol. The van der Waals surface area contributed by atoms with E-state index in [0.717, 1.165) is 12.8 Å². The lowest BCUT2D eigenvalue weighted by Crippen LogP contribution is -2.41. The second-order valence-electron chi connectivity index (χ2n) is 5.37. The second-order valence-corrected chi connectivity index (χ2v) is 5.37. The van der Waals surface area contributed by atoms with Crippen molar-refractivity contribution in [1.29, 1.82) is 0 Å². The predicted octanol–water partition coefficient (Wildman–Crippen LogP) is 1.03. The van der Waals surface area contributed by atoms with Gasteiger partial charge < -0.3 is 15.2 Å². The summed E-state index contributed by atoms with van der Waals surface area (Å²) in [6, 6.07) is 0.0626. The van der Waals surface area contributed by atoms with E-state index in [1.807, 2.05) is 0 Å². The van der Waals surface area contributed by atoms with Crippen LogP contribution in [0.1, 0.15) is 32.6 Å². The summed E-state index contributed by atoms with van der Waals surface area (Å²) >= 11 is 0. The quantitative estimate of drug-likeness (QED) is 0.786. The summed E-state index contributed by atoms with van der Waals surface area (Å²) in [5, 5.41) is 12.1. The normalized spacial score (nSPS) is 35.6. The van der Waals surface area contributed by atoms with Gasteiger partial charge in [0.15, 0.2) is 0 Å². The minimum absolute atomic E-state index is 0.0626. The fraction of sp³-hybridized carbons (Fsp3) is 0.846. The molecule has 5 nitrogen and oxygen atoms in total. The van der Waals surface area contributed by atoms with E-state index in [2.05, 4.69) is 12.2 Å². The second kappa shape index (κ2) is 5.69. The Bertz CT molecular complexity index is 325. The smallest absolute Gasteiger partial charge is 0.307 e. The van der Waals surface area contributed by atoms with E-state index in [1.165, 1.54) is 0 Å². The molecule has 0 radical (unpaired) electrons. The predicted molar refractivity (Wildman–Crippen MR) is 65.0 cm³/mol. The van der Waals surface area contributed by atoms with E-state index in [9.17, 15) is 14.7 Å². The Balaban J connectivity index is 1.96. The molecule has 0 bridgehead atoms. The third-order valence-corrected chi connectivity index (χ3v) is 4.17. The molecular formula is C13H21NO4. The van der Waals surface area contributed by atoms with Gasteiger partial charge in [0.25, 0.3) is 0 Å². The molecule has 1 amide bonds.